The Morgan fingerprint density at radius 2 is 1.84 bits per heavy atom. The van der Waals surface area contributed by atoms with Gasteiger partial charge in [0.1, 0.15) is 5.15 Å². The number of methoxy groups -OCH3 is 1. The molecule has 0 fully saturated rings. The van der Waals surface area contributed by atoms with Gasteiger partial charge < -0.3 is 4.74 Å². The second-order valence-corrected chi connectivity index (χ2v) is 9.44. The Kier molecular flexibility index (Phi) is 5.73. The van der Waals surface area contributed by atoms with Crippen LogP contribution in [-0.4, -0.2) is 30.5 Å². The average molecular weight is 457 g/mol. The van der Waals surface area contributed by atoms with Gasteiger partial charge in [0.25, 0.3) is 10.0 Å². The number of aryl methyl sites for hydroxylation is 2. The summed E-state index contributed by atoms with van der Waals surface area (Å²) in [5, 5.41) is 1.82. The first-order chi connectivity index (χ1) is 14.8. The van der Waals surface area contributed by atoms with Gasteiger partial charge in [-0.3, -0.25) is 4.79 Å². The van der Waals surface area contributed by atoms with E-state index in [1.54, 1.807) is 24.3 Å². The van der Waals surface area contributed by atoms with Gasteiger partial charge in [-0.2, -0.15) is 0 Å². The van der Waals surface area contributed by atoms with Crippen molar-refractivity contribution in [3.05, 3.63) is 71.0 Å². The van der Waals surface area contributed by atoms with Crippen LogP contribution in [0, 0.1) is 6.92 Å². The molecule has 2 aromatic carbocycles. The minimum Gasteiger partial charge on any atom is -0.469 e. The van der Waals surface area contributed by atoms with Gasteiger partial charge in [-0.1, -0.05) is 41.9 Å². The van der Waals surface area contributed by atoms with Crippen molar-refractivity contribution in [3.8, 4) is 0 Å². The van der Waals surface area contributed by atoms with E-state index < -0.39 is 10.0 Å². The van der Waals surface area contributed by atoms with Crippen LogP contribution >= 0.6 is 11.6 Å². The lowest BCUT2D eigenvalue weighted by atomic mass is 10.1. The zero-order chi connectivity index (χ0) is 22.2. The standard InChI is InChI=1S/C23H21ClN2O4S/c1-15-10-12-21(18-8-4-3-7-17(15)18)31(28,29)26-16(6-5-9-23(27)30-2)14-19-20(26)11-13-22(24)25-19/h3-4,7-8,10-14H,5-6,9H2,1-2H3. The molecule has 0 radical (unpaired) electrons. The molecule has 0 amide bonds. The molecule has 160 valence electrons. The molecule has 0 saturated heterocycles. The van der Waals surface area contributed by atoms with E-state index in [0.717, 1.165) is 10.9 Å². The van der Waals surface area contributed by atoms with Crippen LogP contribution in [0.1, 0.15) is 24.1 Å². The number of hydrogen-bond acceptors (Lipinski definition) is 5. The van der Waals surface area contributed by atoms with Gasteiger partial charge in [0.15, 0.2) is 0 Å². The van der Waals surface area contributed by atoms with E-state index in [9.17, 15) is 13.2 Å². The number of ether oxygens (including phenoxy) is 1. The molecule has 0 aliphatic carbocycles. The van der Waals surface area contributed by atoms with E-state index in [-0.39, 0.29) is 22.4 Å². The average Bonchev–Trinajstić information content (AvgIpc) is 3.11. The summed E-state index contributed by atoms with van der Waals surface area (Å²) < 4.78 is 33.8. The number of benzene rings is 2. The lowest BCUT2D eigenvalue weighted by Crippen LogP contribution is -2.16. The minimum absolute atomic E-state index is 0.194. The lowest BCUT2D eigenvalue weighted by Gasteiger charge is -2.15. The number of esters is 1. The first-order valence-electron chi connectivity index (χ1n) is 9.80. The third-order valence-corrected chi connectivity index (χ3v) is 7.35. The van der Waals surface area contributed by atoms with Crippen molar-refractivity contribution >= 4 is 49.4 Å². The largest absolute Gasteiger partial charge is 0.469 e. The van der Waals surface area contributed by atoms with Crippen molar-refractivity contribution in [1.29, 1.82) is 0 Å². The van der Waals surface area contributed by atoms with E-state index in [4.69, 9.17) is 16.3 Å². The fourth-order valence-corrected chi connectivity index (χ4v) is 5.72. The number of carbonyl (C=O) groups excluding carboxylic acids is 1. The molecule has 0 bridgehead atoms. The SMILES string of the molecule is COC(=O)CCCc1cc2nc(Cl)ccc2n1S(=O)(=O)c1ccc(C)c2ccccc12. The third kappa shape index (κ3) is 3.91. The highest BCUT2D eigenvalue weighted by atomic mass is 35.5. The molecular weight excluding hydrogens is 436 g/mol. The zero-order valence-electron chi connectivity index (χ0n) is 17.1. The lowest BCUT2D eigenvalue weighted by molar-refractivity contribution is -0.140. The number of aromatic nitrogens is 2. The normalized spacial score (nSPS) is 11.8. The van der Waals surface area contributed by atoms with E-state index in [1.165, 1.54) is 11.1 Å². The molecular formula is C23H21ClN2O4S. The summed E-state index contributed by atoms with van der Waals surface area (Å²) in [6, 6.07) is 15.8. The second kappa shape index (κ2) is 8.32. The molecule has 2 heterocycles. The van der Waals surface area contributed by atoms with Gasteiger partial charge in [0, 0.05) is 17.5 Å². The van der Waals surface area contributed by atoms with Gasteiger partial charge in [0.2, 0.25) is 0 Å². The molecule has 4 aromatic rings. The van der Waals surface area contributed by atoms with Crippen LogP contribution in [0.25, 0.3) is 21.8 Å². The third-order valence-electron chi connectivity index (χ3n) is 5.31. The van der Waals surface area contributed by atoms with Crippen LogP contribution in [0.5, 0.6) is 0 Å². The maximum Gasteiger partial charge on any atom is 0.305 e. The minimum atomic E-state index is -3.95. The smallest absolute Gasteiger partial charge is 0.305 e. The number of rotatable bonds is 6. The fourth-order valence-electron chi connectivity index (χ4n) is 3.81. The summed E-state index contributed by atoms with van der Waals surface area (Å²) in [6.45, 7) is 1.95. The van der Waals surface area contributed by atoms with Crippen LogP contribution in [-0.2, 0) is 26.0 Å². The first kappa shape index (κ1) is 21.3. The van der Waals surface area contributed by atoms with Crippen molar-refractivity contribution in [2.45, 2.75) is 31.1 Å². The van der Waals surface area contributed by atoms with Crippen molar-refractivity contribution < 1.29 is 17.9 Å². The number of pyridine rings is 1. The van der Waals surface area contributed by atoms with Gasteiger partial charge >= 0.3 is 5.97 Å². The molecule has 0 unspecified atom stereocenters. The van der Waals surface area contributed by atoms with Crippen molar-refractivity contribution in [2.75, 3.05) is 7.11 Å². The molecule has 0 atom stereocenters. The van der Waals surface area contributed by atoms with Gasteiger partial charge in [0.05, 0.1) is 23.0 Å². The predicted octanol–water partition coefficient (Wildman–Crippen LogP) is 4.88. The second-order valence-electron chi connectivity index (χ2n) is 7.30. The Morgan fingerprint density at radius 3 is 2.58 bits per heavy atom. The molecule has 8 heteroatoms. The molecule has 0 N–H and O–H groups in total. The van der Waals surface area contributed by atoms with Crippen LogP contribution in [0.3, 0.4) is 0 Å². The zero-order valence-corrected chi connectivity index (χ0v) is 18.7. The highest BCUT2D eigenvalue weighted by molar-refractivity contribution is 7.90. The highest BCUT2D eigenvalue weighted by Crippen LogP contribution is 2.31. The van der Waals surface area contributed by atoms with Gasteiger partial charge in [-0.05, 0) is 55.0 Å². The van der Waals surface area contributed by atoms with Gasteiger partial charge in [-0.25, -0.2) is 17.4 Å². The Bertz CT molecular complexity index is 1410. The van der Waals surface area contributed by atoms with Crippen molar-refractivity contribution in [3.63, 3.8) is 0 Å². The summed E-state index contributed by atoms with van der Waals surface area (Å²) in [7, 11) is -2.62. The highest BCUT2D eigenvalue weighted by Gasteiger charge is 2.26. The number of carbonyl (C=O) groups is 1. The van der Waals surface area contributed by atoms with E-state index in [1.807, 2.05) is 37.3 Å². The molecule has 0 aliphatic rings. The number of halogens is 1. The van der Waals surface area contributed by atoms with E-state index in [2.05, 4.69) is 4.98 Å². The summed E-state index contributed by atoms with van der Waals surface area (Å²) in [4.78, 5) is 16.0. The molecule has 31 heavy (non-hydrogen) atoms. The van der Waals surface area contributed by atoms with Crippen molar-refractivity contribution in [2.24, 2.45) is 0 Å². The predicted molar refractivity (Wildman–Crippen MR) is 121 cm³/mol. The molecule has 0 saturated carbocycles. The maximum absolute atomic E-state index is 13.9. The summed E-state index contributed by atoms with van der Waals surface area (Å²) in [5.74, 6) is -0.337. The van der Waals surface area contributed by atoms with Crippen LogP contribution in [0.4, 0.5) is 0 Å². The molecule has 2 aromatic heterocycles. The molecule has 0 spiro atoms. The quantitative estimate of drug-likeness (QED) is 0.305. The topological polar surface area (TPSA) is 78.3 Å². The molecule has 6 nitrogen and oxygen atoms in total. The Hall–Kier alpha value is -2.90. The van der Waals surface area contributed by atoms with Gasteiger partial charge in [-0.15, -0.1) is 0 Å². The van der Waals surface area contributed by atoms with Crippen LogP contribution in [0.15, 0.2) is 59.5 Å². The first-order valence-corrected chi connectivity index (χ1v) is 11.6. The summed E-state index contributed by atoms with van der Waals surface area (Å²) in [5.41, 5.74) is 2.47. The summed E-state index contributed by atoms with van der Waals surface area (Å²) >= 11 is 6.04. The molecule has 0 aliphatic heterocycles. The Morgan fingerprint density at radius 1 is 1.10 bits per heavy atom. The monoisotopic (exact) mass is 456 g/mol. The Balaban J connectivity index is 1.91. The van der Waals surface area contributed by atoms with E-state index in [0.29, 0.717) is 35.0 Å². The summed E-state index contributed by atoms with van der Waals surface area (Å²) in [6.07, 6.45) is 1.01. The fraction of sp³-hybridized carbons (Fsp3) is 0.217. The Labute approximate surface area is 185 Å². The maximum atomic E-state index is 13.9. The number of hydrogen-bond donors (Lipinski definition) is 0. The van der Waals surface area contributed by atoms with E-state index >= 15 is 0 Å². The number of fused-ring (bicyclic) bond motifs is 2. The molecule has 4 rings (SSSR count). The van der Waals surface area contributed by atoms with Crippen LogP contribution < -0.4 is 0 Å². The number of nitrogens with zero attached hydrogens (tertiary/aromatic N) is 2. The van der Waals surface area contributed by atoms with Crippen molar-refractivity contribution in [1.82, 2.24) is 8.96 Å². The van der Waals surface area contributed by atoms with Crippen LogP contribution in [0.2, 0.25) is 5.15 Å².